The van der Waals surface area contributed by atoms with Gasteiger partial charge in [0.2, 0.25) is 0 Å². The number of rotatable bonds is 3. The molecule has 0 radical (unpaired) electrons. The lowest BCUT2D eigenvalue weighted by Crippen LogP contribution is -2.12. The zero-order valence-electron chi connectivity index (χ0n) is 10.5. The van der Waals surface area contributed by atoms with Gasteiger partial charge in [0, 0.05) is 17.5 Å². The van der Waals surface area contributed by atoms with Gasteiger partial charge in [-0.05, 0) is 23.6 Å². The van der Waals surface area contributed by atoms with E-state index in [1.807, 2.05) is 24.3 Å². The summed E-state index contributed by atoms with van der Waals surface area (Å²) in [6.07, 6.45) is -2.78. The molecule has 0 fully saturated rings. The number of benzene rings is 1. The molecule has 1 heterocycles. The Hall–Kier alpha value is -1.84. The fourth-order valence-corrected chi connectivity index (χ4v) is 1.88. The second-order valence-electron chi connectivity index (χ2n) is 4.38. The molecule has 0 amide bonds. The summed E-state index contributed by atoms with van der Waals surface area (Å²) in [6, 6.07) is 11.0. The van der Waals surface area contributed by atoms with E-state index in [0.717, 1.165) is 17.5 Å². The third-order valence-electron chi connectivity index (χ3n) is 2.87. The highest BCUT2D eigenvalue weighted by molar-refractivity contribution is 5.63. The maximum Gasteiger partial charge on any atom is 0.394 e. The van der Waals surface area contributed by atoms with Gasteiger partial charge in [0.05, 0.1) is 6.42 Å². The van der Waals surface area contributed by atoms with Crippen molar-refractivity contribution in [3.63, 3.8) is 0 Å². The molecule has 0 aliphatic heterocycles. The summed E-state index contributed by atoms with van der Waals surface area (Å²) in [5, 5.41) is 0. The van der Waals surface area contributed by atoms with Crippen LogP contribution in [0.1, 0.15) is 18.2 Å². The van der Waals surface area contributed by atoms with Gasteiger partial charge in [0.25, 0.3) is 0 Å². The molecule has 2 rings (SSSR count). The lowest BCUT2D eigenvalue weighted by atomic mass is 10.0. The Balaban J connectivity index is 2.22. The first kappa shape index (κ1) is 13.6. The highest BCUT2D eigenvalue weighted by Gasteiger charge is 2.28. The van der Waals surface area contributed by atoms with Gasteiger partial charge in [-0.25, -0.2) is 0 Å². The van der Waals surface area contributed by atoms with Crippen LogP contribution in [0.5, 0.6) is 0 Å². The van der Waals surface area contributed by atoms with E-state index >= 15 is 0 Å². The number of hydrogen-bond donors (Lipinski definition) is 0. The first-order chi connectivity index (χ1) is 8.98. The fraction of sp³-hybridized carbons (Fsp3) is 0.267. The summed E-state index contributed by atoms with van der Waals surface area (Å²) in [5.74, 6) is 0. The van der Waals surface area contributed by atoms with Gasteiger partial charge in [-0.3, -0.25) is 4.98 Å². The van der Waals surface area contributed by atoms with Crippen molar-refractivity contribution in [3.8, 4) is 11.1 Å². The number of nitrogens with zero attached hydrogens (tertiary/aromatic N) is 1. The molecule has 19 heavy (non-hydrogen) atoms. The zero-order chi connectivity index (χ0) is 13.9. The lowest BCUT2D eigenvalue weighted by Gasteiger charge is -2.07. The van der Waals surface area contributed by atoms with Crippen molar-refractivity contribution in [2.45, 2.75) is 25.9 Å². The van der Waals surface area contributed by atoms with Gasteiger partial charge in [0.1, 0.15) is 0 Å². The van der Waals surface area contributed by atoms with Crippen molar-refractivity contribution < 1.29 is 13.2 Å². The standard InChI is InChI=1S/C15H14F3N/c1-2-11-4-3-5-12(8-11)13-6-7-14(19-10-13)9-15(16,17)18/h3-8,10H,2,9H2,1H3. The summed E-state index contributed by atoms with van der Waals surface area (Å²) < 4.78 is 36.7. The van der Waals surface area contributed by atoms with Crippen LogP contribution in [0.15, 0.2) is 42.6 Å². The van der Waals surface area contributed by atoms with Crippen LogP contribution in [0.2, 0.25) is 0 Å². The van der Waals surface area contributed by atoms with Gasteiger partial charge in [-0.15, -0.1) is 0 Å². The number of aryl methyl sites for hydroxylation is 1. The van der Waals surface area contributed by atoms with Gasteiger partial charge < -0.3 is 0 Å². The molecule has 0 N–H and O–H groups in total. The minimum atomic E-state index is -4.21. The molecule has 0 spiro atoms. The summed E-state index contributed by atoms with van der Waals surface area (Å²) in [7, 11) is 0. The van der Waals surface area contributed by atoms with Gasteiger partial charge in [-0.1, -0.05) is 37.3 Å². The molecule has 0 atom stereocenters. The molecule has 0 aliphatic carbocycles. The van der Waals surface area contributed by atoms with Crippen molar-refractivity contribution in [1.29, 1.82) is 0 Å². The van der Waals surface area contributed by atoms with Crippen molar-refractivity contribution >= 4 is 0 Å². The molecule has 1 nitrogen and oxygen atoms in total. The Labute approximate surface area is 110 Å². The van der Waals surface area contributed by atoms with E-state index in [-0.39, 0.29) is 5.69 Å². The molecule has 4 heteroatoms. The van der Waals surface area contributed by atoms with Crippen molar-refractivity contribution in [2.24, 2.45) is 0 Å². The number of pyridine rings is 1. The molecule has 0 saturated carbocycles. The SMILES string of the molecule is CCc1cccc(-c2ccc(CC(F)(F)F)nc2)c1. The zero-order valence-corrected chi connectivity index (χ0v) is 10.5. The van der Waals surface area contributed by atoms with Gasteiger partial charge in [0.15, 0.2) is 0 Å². The van der Waals surface area contributed by atoms with E-state index in [1.165, 1.54) is 17.8 Å². The van der Waals surface area contributed by atoms with Crippen molar-refractivity contribution in [2.75, 3.05) is 0 Å². The topological polar surface area (TPSA) is 12.9 Å². The van der Waals surface area contributed by atoms with Gasteiger partial charge in [-0.2, -0.15) is 13.2 Å². The Bertz CT molecular complexity index is 544. The molecule has 0 bridgehead atoms. The highest BCUT2D eigenvalue weighted by Crippen LogP contribution is 2.23. The molecule has 0 unspecified atom stereocenters. The number of alkyl halides is 3. The Morgan fingerprint density at radius 2 is 1.84 bits per heavy atom. The van der Waals surface area contributed by atoms with E-state index in [1.54, 1.807) is 6.07 Å². The Morgan fingerprint density at radius 1 is 1.05 bits per heavy atom. The van der Waals surface area contributed by atoms with Crippen LogP contribution in [-0.4, -0.2) is 11.2 Å². The number of aromatic nitrogens is 1. The Morgan fingerprint density at radius 3 is 2.42 bits per heavy atom. The predicted octanol–water partition coefficient (Wildman–Crippen LogP) is 4.42. The third kappa shape index (κ3) is 3.81. The monoisotopic (exact) mass is 265 g/mol. The lowest BCUT2D eigenvalue weighted by molar-refractivity contribution is -0.127. The average Bonchev–Trinajstić information content (AvgIpc) is 2.38. The van der Waals surface area contributed by atoms with Crippen LogP contribution < -0.4 is 0 Å². The van der Waals surface area contributed by atoms with Crippen molar-refractivity contribution in [3.05, 3.63) is 53.9 Å². The molecule has 1 aromatic carbocycles. The minimum absolute atomic E-state index is 0.0443. The maximum atomic E-state index is 12.2. The average molecular weight is 265 g/mol. The van der Waals surface area contributed by atoms with E-state index in [2.05, 4.69) is 11.9 Å². The molecule has 100 valence electrons. The second kappa shape index (κ2) is 5.43. The molecule has 0 saturated heterocycles. The Kier molecular flexibility index (Phi) is 3.88. The van der Waals surface area contributed by atoms with E-state index < -0.39 is 12.6 Å². The van der Waals surface area contributed by atoms with Crippen LogP contribution in [0.4, 0.5) is 13.2 Å². The molecule has 0 aliphatic rings. The predicted molar refractivity (Wildman–Crippen MR) is 68.8 cm³/mol. The van der Waals surface area contributed by atoms with Crippen LogP contribution in [-0.2, 0) is 12.8 Å². The largest absolute Gasteiger partial charge is 0.394 e. The molecular weight excluding hydrogens is 251 g/mol. The van der Waals surface area contributed by atoms with Gasteiger partial charge >= 0.3 is 6.18 Å². The van der Waals surface area contributed by atoms with Crippen LogP contribution in [0.25, 0.3) is 11.1 Å². The first-order valence-electron chi connectivity index (χ1n) is 6.09. The molecule has 1 aromatic heterocycles. The second-order valence-corrected chi connectivity index (χ2v) is 4.38. The summed E-state index contributed by atoms with van der Waals surface area (Å²) in [4.78, 5) is 3.88. The van der Waals surface area contributed by atoms with E-state index in [9.17, 15) is 13.2 Å². The van der Waals surface area contributed by atoms with E-state index in [0.29, 0.717) is 0 Å². The smallest absolute Gasteiger partial charge is 0.260 e. The maximum absolute atomic E-state index is 12.2. The van der Waals surface area contributed by atoms with E-state index in [4.69, 9.17) is 0 Å². The van der Waals surface area contributed by atoms with Crippen LogP contribution in [0.3, 0.4) is 0 Å². The first-order valence-corrected chi connectivity index (χ1v) is 6.09. The van der Waals surface area contributed by atoms with Crippen molar-refractivity contribution in [1.82, 2.24) is 4.98 Å². The van der Waals surface area contributed by atoms with Crippen LogP contribution in [0, 0.1) is 0 Å². The summed E-state index contributed by atoms with van der Waals surface area (Å²) >= 11 is 0. The quantitative estimate of drug-likeness (QED) is 0.800. The van der Waals surface area contributed by atoms with Crippen LogP contribution >= 0.6 is 0 Å². The third-order valence-corrected chi connectivity index (χ3v) is 2.87. The fourth-order valence-electron chi connectivity index (χ4n) is 1.88. The normalized spacial score (nSPS) is 11.6. The highest BCUT2D eigenvalue weighted by atomic mass is 19.4. The number of hydrogen-bond acceptors (Lipinski definition) is 1. The summed E-state index contributed by atoms with van der Waals surface area (Å²) in [6.45, 7) is 2.06. The number of halogens is 3. The molecular formula is C15H14F3N. The summed E-state index contributed by atoms with van der Waals surface area (Å²) in [5.41, 5.74) is 3.05. The molecule has 2 aromatic rings. The minimum Gasteiger partial charge on any atom is -0.260 e.